The third-order valence-electron chi connectivity index (χ3n) is 4.11. The van der Waals surface area contributed by atoms with Gasteiger partial charge >= 0.3 is 0 Å². The van der Waals surface area contributed by atoms with Gasteiger partial charge in [0.1, 0.15) is 0 Å². The maximum Gasteiger partial charge on any atom is 0.0364 e. The topological polar surface area (TPSA) is 26.0 Å². The molecule has 2 unspecified atom stereocenters. The minimum absolute atomic E-state index is 0.0606. The molecule has 1 heteroatoms. The Morgan fingerprint density at radius 2 is 1.48 bits per heavy atom. The molecule has 0 bridgehead atoms. The average Bonchev–Trinajstić information content (AvgIpc) is 2.49. The minimum atomic E-state index is 0.0606. The van der Waals surface area contributed by atoms with Crippen molar-refractivity contribution >= 4 is 0 Å². The number of hydrogen-bond acceptors (Lipinski definition) is 1. The van der Waals surface area contributed by atoms with E-state index in [9.17, 15) is 0 Å². The zero-order chi connectivity index (χ0) is 15.2. The lowest BCUT2D eigenvalue weighted by Crippen LogP contribution is -2.19. The molecular weight excluding hydrogens is 254 g/mol. The van der Waals surface area contributed by atoms with E-state index in [1.807, 2.05) is 0 Å². The third kappa shape index (κ3) is 4.18. The predicted molar refractivity (Wildman–Crippen MR) is 91.4 cm³/mol. The molecule has 0 spiro atoms. The van der Waals surface area contributed by atoms with Crippen molar-refractivity contribution < 1.29 is 0 Å². The van der Waals surface area contributed by atoms with Crippen molar-refractivity contribution in [3.05, 3.63) is 71.3 Å². The van der Waals surface area contributed by atoms with E-state index in [1.165, 1.54) is 16.7 Å². The first kappa shape index (κ1) is 15.8. The maximum absolute atomic E-state index is 6.53. The van der Waals surface area contributed by atoms with Crippen molar-refractivity contribution in [2.45, 2.75) is 45.6 Å². The van der Waals surface area contributed by atoms with Gasteiger partial charge in [-0.1, -0.05) is 75.4 Å². The second kappa shape index (κ2) is 7.42. The first-order chi connectivity index (χ1) is 10.1. The van der Waals surface area contributed by atoms with Crippen LogP contribution in [0, 0.1) is 5.92 Å². The highest BCUT2D eigenvalue weighted by atomic mass is 14.7. The van der Waals surface area contributed by atoms with Crippen molar-refractivity contribution in [1.82, 2.24) is 0 Å². The average molecular weight is 281 g/mol. The standard InChI is InChI=1S/C20H27N/c1-4-19(17-8-6-5-7-9-17)20(21)18-12-10-16(11-13-18)14-15(2)3/h5-13,15,19-20H,4,14,21H2,1-3H3. The molecule has 0 saturated heterocycles. The highest BCUT2D eigenvalue weighted by Crippen LogP contribution is 2.31. The molecular formula is C20H27N. The van der Waals surface area contributed by atoms with Crippen LogP contribution in [-0.4, -0.2) is 0 Å². The largest absolute Gasteiger partial charge is 0.323 e. The lowest BCUT2D eigenvalue weighted by atomic mass is 9.85. The van der Waals surface area contributed by atoms with Crippen LogP contribution in [0.1, 0.15) is 55.8 Å². The second-order valence-corrected chi connectivity index (χ2v) is 6.29. The molecule has 112 valence electrons. The summed E-state index contributed by atoms with van der Waals surface area (Å²) in [4.78, 5) is 0. The van der Waals surface area contributed by atoms with E-state index in [0.717, 1.165) is 12.8 Å². The molecule has 2 rings (SSSR count). The van der Waals surface area contributed by atoms with Crippen molar-refractivity contribution in [2.75, 3.05) is 0 Å². The van der Waals surface area contributed by atoms with Crippen molar-refractivity contribution in [3.63, 3.8) is 0 Å². The number of nitrogens with two attached hydrogens (primary N) is 1. The summed E-state index contributed by atoms with van der Waals surface area (Å²) < 4.78 is 0. The zero-order valence-electron chi connectivity index (χ0n) is 13.4. The SMILES string of the molecule is CCC(c1ccccc1)C(N)c1ccc(CC(C)C)cc1. The predicted octanol–water partition coefficient (Wildman–Crippen LogP) is 5.08. The molecule has 0 aliphatic carbocycles. The highest BCUT2D eigenvalue weighted by Gasteiger charge is 2.19. The van der Waals surface area contributed by atoms with Gasteiger partial charge in [-0.3, -0.25) is 0 Å². The van der Waals surface area contributed by atoms with Crippen molar-refractivity contribution in [2.24, 2.45) is 11.7 Å². The van der Waals surface area contributed by atoms with Crippen LogP contribution >= 0.6 is 0 Å². The van der Waals surface area contributed by atoms with Crippen LogP contribution in [0.15, 0.2) is 54.6 Å². The Hall–Kier alpha value is -1.60. The summed E-state index contributed by atoms with van der Waals surface area (Å²) in [5.74, 6) is 1.07. The Balaban J connectivity index is 2.16. The molecule has 2 N–H and O–H groups in total. The van der Waals surface area contributed by atoms with Gasteiger partial charge in [-0.05, 0) is 35.4 Å². The normalized spacial score (nSPS) is 14.1. The van der Waals surface area contributed by atoms with E-state index in [-0.39, 0.29) is 6.04 Å². The van der Waals surface area contributed by atoms with Gasteiger partial charge in [0.2, 0.25) is 0 Å². The van der Waals surface area contributed by atoms with Crippen molar-refractivity contribution in [1.29, 1.82) is 0 Å². The Labute approximate surface area is 129 Å². The molecule has 2 aromatic carbocycles. The lowest BCUT2D eigenvalue weighted by molar-refractivity contribution is 0.539. The summed E-state index contributed by atoms with van der Waals surface area (Å²) in [5.41, 5.74) is 10.5. The second-order valence-electron chi connectivity index (χ2n) is 6.29. The summed E-state index contributed by atoms with van der Waals surface area (Å²) in [6.07, 6.45) is 2.18. The molecule has 1 nitrogen and oxygen atoms in total. The van der Waals surface area contributed by atoms with Crippen molar-refractivity contribution in [3.8, 4) is 0 Å². The Morgan fingerprint density at radius 3 is 2.00 bits per heavy atom. The smallest absolute Gasteiger partial charge is 0.0364 e. The first-order valence-corrected chi connectivity index (χ1v) is 8.01. The molecule has 2 atom stereocenters. The highest BCUT2D eigenvalue weighted by molar-refractivity contribution is 5.30. The van der Waals surface area contributed by atoms with Crippen LogP contribution in [0.5, 0.6) is 0 Å². The number of rotatable bonds is 6. The minimum Gasteiger partial charge on any atom is -0.323 e. The van der Waals surface area contributed by atoms with E-state index in [2.05, 4.69) is 75.4 Å². The molecule has 21 heavy (non-hydrogen) atoms. The molecule has 2 aromatic rings. The van der Waals surface area contributed by atoms with Gasteiger partial charge in [-0.25, -0.2) is 0 Å². The van der Waals surface area contributed by atoms with Crippen LogP contribution in [-0.2, 0) is 6.42 Å². The van der Waals surface area contributed by atoms with Gasteiger partial charge in [0.25, 0.3) is 0 Å². The van der Waals surface area contributed by atoms with Crippen LogP contribution < -0.4 is 5.73 Å². The summed E-state index contributed by atoms with van der Waals surface area (Å²) >= 11 is 0. The fraction of sp³-hybridized carbons (Fsp3) is 0.400. The molecule has 0 aliphatic rings. The Kier molecular flexibility index (Phi) is 5.58. The summed E-state index contributed by atoms with van der Waals surface area (Å²) in [5, 5.41) is 0. The maximum atomic E-state index is 6.53. The quantitative estimate of drug-likeness (QED) is 0.785. The summed E-state index contributed by atoms with van der Waals surface area (Å²) in [7, 11) is 0. The van der Waals surface area contributed by atoms with E-state index < -0.39 is 0 Å². The Morgan fingerprint density at radius 1 is 0.857 bits per heavy atom. The monoisotopic (exact) mass is 281 g/mol. The molecule has 0 radical (unpaired) electrons. The van der Waals surface area contributed by atoms with E-state index in [0.29, 0.717) is 11.8 Å². The van der Waals surface area contributed by atoms with Gasteiger partial charge in [-0.15, -0.1) is 0 Å². The van der Waals surface area contributed by atoms with E-state index >= 15 is 0 Å². The van der Waals surface area contributed by atoms with Crippen LogP contribution in [0.2, 0.25) is 0 Å². The molecule has 0 fully saturated rings. The van der Waals surface area contributed by atoms with Gasteiger partial charge < -0.3 is 5.73 Å². The van der Waals surface area contributed by atoms with Crippen LogP contribution in [0.4, 0.5) is 0 Å². The van der Waals surface area contributed by atoms with Gasteiger partial charge in [0, 0.05) is 12.0 Å². The van der Waals surface area contributed by atoms with Gasteiger partial charge in [-0.2, -0.15) is 0 Å². The van der Waals surface area contributed by atoms with E-state index in [1.54, 1.807) is 0 Å². The number of benzene rings is 2. The van der Waals surface area contributed by atoms with Crippen LogP contribution in [0.3, 0.4) is 0 Å². The Bertz CT molecular complexity index is 528. The molecule has 0 heterocycles. The molecule has 0 aromatic heterocycles. The lowest BCUT2D eigenvalue weighted by Gasteiger charge is -2.24. The van der Waals surface area contributed by atoms with E-state index in [4.69, 9.17) is 5.73 Å². The first-order valence-electron chi connectivity index (χ1n) is 8.01. The fourth-order valence-corrected chi connectivity index (χ4v) is 2.98. The molecule has 0 aliphatic heterocycles. The summed E-state index contributed by atoms with van der Waals surface area (Å²) in [6, 6.07) is 19.5. The van der Waals surface area contributed by atoms with Gasteiger partial charge in [0.15, 0.2) is 0 Å². The van der Waals surface area contributed by atoms with Gasteiger partial charge in [0.05, 0.1) is 0 Å². The zero-order valence-corrected chi connectivity index (χ0v) is 13.4. The molecule has 0 saturated carbocycles. The third-order valence-corrected chi connectivity index (χ3v) is 4.11. The summed E-state index contributed by atoms with van der Waals surface area (Å²) in [6.45, 7) is 6.72. The molecule has 0 amide bonds. The fourth-order valence-electron chi connectivity index (χ4n) is 2.98. The van der Waals surface area contributed by atoms with Crippen LogP contribution in [0.25, 0.3) is 0 Å². The number of hydrogen-bond donors (Lipinski definition) is 1.